The molecule has 1 aromatic carbocycles. The Labute approximate surface area is 112 Å². The first kappa shape index (κ1) is 12.7. The second-order valence-corrected chi connectivity index (χ2v) is 4.28. The molecule has 0 radical (unpaired) electrons. The first-order chi connectivity index (χ1) is 8.75. The highest BCUT2D eigenvalue weighted by atomic mass is 35.5. The van der Waals surface area contributed by atoms with E-state index in [1.165, 1.54) is 0 Å². The number of nitrogens with zero attached hydrogens (tertiary/aromatic N) is 1. The van der Waals surface area contributed by atoms with Crippen molar-refractivity contribution in [3.05, 3.63) is 65.0 Å². The van der Waals surface area contributed by atoms with Gasteiger partial charge in [0.05, 0.1) is 0 Å². The molecule has 2 nitrogen and oxygen atoms in total. The number of pyridine rings is 1. The largest absolute Gasteiger partial charge is 0.489 e. The fourth-order valence-corrected chi connectivity index (χ4v) is 1.67. The summed E-state index contributed by atoms with van der Waals surface area (Å²) in [6.45, 7) is 2.45. The number of hydrogen-bond donors (Lipinski definition) is 0. The predicted octanol–water partition coefficient (Wildman–Crippen LogP) is 4.14. The zero-order chi connectivity index (χ0) is 12.8. The van der Waals surface area contributed by atoms with Gasteiger partial charge in [-0.25, -0.2) is 4.98 Å². The lowest BCUT2D eigenvalue weighted by Crippen LogP contribution is -1.96. The van der Waals surface area contributed by atoms with E-state index in [1.807, 2.05) is 49.4 Å². The Morgan fingerprint density at radius 2 is 2.06 bits per heavy atom. The van der Waals surface area contributed by atoms with Gasteiger partial charge in [0.2, 0.25) is 0 Å². The molecule has 92 valence electrons. The average Bonchev–Trinajstić information content (AvgIpc) is 2.40. The van der Waals surface area contributed by atoms with Gasteiger partial charge in [-0.1, -0.05) is 48.0 Å². The van der Waals surface area contributed by atoms with Crippen LogP contribution in [-0.2, 0) is 0 Å². The molecule has 0 saturated heterocycles. The molecule has 1 aromatic heterocycles. The van der Waals surface area contributed by atoms with E-state index in [4.69, 9.17) is 16.3 Å². The lowest BCUT2D eigenvalue weighted by molar-refractivity contribution is 0.360. The molecule has 0 aliphatic carbocycles. The molecule has 0 atom stereocenters. The Morgan fingerprint density at radius 3 is 2.83 bits per heavy atom. The van der Waals surface area contributed by atoms with E-state index in [2.05, 4.69) is 4.98 Å². The van der Waals surface area contributed by atoms with Gasteiger partial charge in [-0.05, 0) is 18.6 Å². The van der Waals surface area contributed by atoms with E-state index < -0.39 is 0 Å². The number of hydrogen-bond acceptors (Lipinski definition) is 2. The fourth-order valence-electron chi connectivity index (χ4n) is 1.52. The van der Waals surface area contributed by atoms with Crippen molar-refractivity contribution in [3.8, 4) is 5.75 Å². The smallest absolute Gasteiger partial charge is 0.132 e. The van der Waals surface area contributed by atoms with Crippen LogP contribution in [0.5, 0.6) is 5.75 Å². The van der Waals surface area contributed by atoms with Crippen molar-refractivity contribution < 1.29 is 4.74 Å². The predicted molar refractivity (Wildman–Crippen MR) is 75.0 cm³/mol. The van der Waals surface area contributed by atoms with Gasteiger partial charge in [0.1, 0.15) is 17.5 Å². The summed E-state index contributed by atoms with van der Waals surface area (Å²) in [6.07, 6.45) is 5.71. The minimum absolute atomic E-state index is 0.447. The first-order valence-electron chi connectivity index (χ1n) is 5.72. The lowest BCUT2D eigenvalue weighted by Gasteiger charge is -2.06. The van der Waals surface area contributed by atoms with Gasteiger partial charge >= 0.3 is 0 Å². The summed E-state index contributed by atoms with van der Waals surface area (Å²) in [7, 11) is 0. The second-order valence-electron chi connectivity index (χ2n) is 3.90. The van der Waals surface area contributed by atoms with Gasteiger partial charge in [-0.3, -0.25) is 0 Å². The third-order valence-electron chi connectivity index (χ3n) is 2.47. The number of aryl methyl sites for hydroxylation is 1. The average molecular weight is 260 g/mol. The molecule has 2 aromatic rings. The minimum Gasteiger partial charge on any atom is -0.489 e. The van der Waals surface area contributed by atoms with Crippen LogP contribution in [-0.4, -0.2) is 11.6 Å². The Balaban J connectivity index is 1.92. The molecule has 1 heterocycles. The van der Waals surface area contributed by atoms with Gasteiger partial charge in [0, 0.05) is 17.8 Å². The molecule has 0 fully saturated rings. The number of halogens is 1. The lowest BCUT2D eigenvalue weighted by atomic mass is 10.2. The van der Waals surface area contributed by atoms with Gasteiger partial charge in [-0.15, -0.1) is 0 Å². The topological polar surface area (TPSA) is 22.1 Å². The molecule has 0 amide bonds. The molecule has 0 aliphatic heterocycles. The van der Waals surface area contributed by atoms with Crippen molar-refractivity contribution in [3.63, 3.8) is 0 Å². The summed E-state index contributed by atoms with van der Waals surface area (Å²) in [5.41, 5.74) is 2.14. The van der Waals surface area contributed by atoms with Crippen molar-refractivity contribution in [2.45, 2.75) is 6.92 Å². The van der Waals surface area contributed by atoms with Crippen molar-refractivity contribution >= 4 is 17.7 Å². The standard InChI is InChI=1S/C15H14ClNO/c1-12-11-17-15(16)10-14(12)18-9-5-8-13-6-3-2-4-7-13/h2-8,10-11H,9H2,1H3/b8-5+. The van der Waals surface area contributed by atoms with Crippen LogP contribution >= 0.6 is 11.6 Å². The first-order valence-corrected chi connectivity index (χ1v) is 6.10. The normalized spacial score (nSPS) is 10.8. The highest BCUT2D eigenvalue weighted by Gasteiger charge is 2.00. The Bertz CT molecular complexity index is 537. The third kappa shape index (κ3) is 3.60. The maximum atomic E-state index is 5.82. The second kappa shape index (κ2) is 6.22. The zero-order valence-electron chi connectivity index (χ0n) is 10.1. The monoisotopic (exact) mass is 259 g/mol. The maximum absolute atomic E-state index is 5.82. The molecule has 0 saturated carbocycles. The number of benzene rings is 1. The maximum Gasteiger partial charge on any atom is 0.132 e. The van der Waals surface area contributed by atoms with Crippen LogP contribution in [0.15, 0.2) is 48.7 Å². The molecule has 0 bridgehead atoms. The van der Waals surface area contributed by atoms with Gasteiger partial charge < -0.3 is 4.74 Å². The van der Waals surface area contributed by atoms with Crippen LogP contribution in [0.2, 0.25) is 5.15 Å². The SMILES string of the molecule is Cc1cnc(Cl)cc1OC/C=C/c1ccccc1. The summed E-state index contributed by atoms with van der Waals surface area (Å²) in [6, 6.07) is 11.8. The quantitative estimate of drug-likeness (QED) is 0.770. The minimum atomic E-state index is 0.447. The molecular weight excluding hydrogens is 246 g/mol. The van der Waals surface area contributed by atoms with E-state index in [-0.39, 0.29) is 0 Å². The molecule has 0 N–H and O–H groups in total. The summed E-state index contributed by atoms with van der Waals surface area (Å²) in [5, 5.41) is 0.447. The summed E-state index contributed by atoms with van der Waals surface area (Å²) >= 11 is 5.82. The van der Waals surface area contributed by atoms with E-state index in [0.717, 1.165) is 16.9 Å². The summed E-state index contributed by atoms with van der Waals surface area (Å²) < 4.78 is 5.63. The summed E-state index contributed by atoms with van der Waals surface area (Å²) in [4.78, 5) is 3.98. The Kier molecular flexibility index (Phi) is 4.37. The van der Waals surface area contributed by atoms with Crippen LogP contribution in [0, 0.1) is 6.92 Å². The number of rotatable bonds is 4. The molecule has 0 spiro atoms. The van der Waals surface area contributed by atoms with E-state index in [1.54, 1.807) is 12.3 Å². The van der Waals surface area contributed by atoms with Crippen LogP contribution in [0.4, 0.5) is 0 Å². The Hall–Kier alpha value is -1.80. The van der Waals surface area contributed by atoms with E-state index >= 15 is 0 Å². The zero-order valence-corrected chi connectivity index (χ0v) is 10.9. The number of aromatic nitrogens is 1. The molecule has 0 aliphatic rings. The third-order valence-corrected chi connectivity index (χ3v) is 2.67. The van der Waals surface area contributed by atoms with Crippen molar-refractivity contribution in [1.29, 1.82) is 0 Å². The summed E-state index contributed by atoms with van der Waals surface area (Å²) in [5.74, 6) is 0.771. The molecular formula is C15H14ClNO. The fraction of sp³-hybridized carbons (Fsp3) is 0.133. The van der Waals surface area contributed by atoms with E-state index in [0.29, 0.717) is 11.8 Å². The van der Waals surface area contributed by atoms with Gasteiger partial charge in [0.15, 0.2) is 0 Å². The van der Waals surface area contributed by atoms with Crippen LogP contribution in [0.25, 0.3) is 6.08 Å². The van der Waals surface area contributed by atoms with Crippen molar-refractivity contribution in [1.82, 2.24) is 4.98 Å². The van der Waals surface area contributed by atoms with Crippen molar-refractivity contribution in [2.24, 2.45) is 0 Å². The van der Waals surface area contributed by atoms with Gasteiger partial charge in [0.25, 0.3) is 0 Å². The van der Waals surface area contributed by atoms with Crippen LogP contribution in [0.3, 0.4) is 0 Å². The van der Waals surface area contributed by atoms with Crippen LogP contribution in [0.1, 0.15) is 11.1 Å². The highest BCUT2D eigenvalue weighted by Crippen LogP contribution is 2.20. The molecule has 18 heavy (non-hydrogen) atoms. The molecule has 3 heteroatoms. The van der Waals surface area contributed by atoms with Crippen LogP contribution < -0.4 is 4.74 Å². The molecule has 0 unspecified atom stereocenters. The molecule has 2 rings (SSSR count). The van der Waals surface area contributed by atoms with E-state index in [9.17, 15) is 0 Å². The van der Waals surface area contributed by atoms with Crippen molar-refractivity contribution in [2.75, 3.05) is 6.61 Å². The number of ether oxygens (including phenoxy) is 1. The van der Waals surface area contributed by atoms with Gasteiger partial charge in [-0.2, -0.15) is 0 Å². The Morgan fingerprint density at radius 1 is 1.28 bits per heavy atom. The highest BCUT2D eigenvalue weighted by molar-refractivity contribution is 6.29.